The van der Waals surface area contributed by atoms with E-state index >= 15 is 0 Å². The number of H-pyrrole nitrogens is 2. The predicted molar refractivity (Wildman–Crippen MR) is 486 cm³/mol. The molecule has 0 spiro atoms. The zero-order valence-corrected chi connectivity index (χ0v) is 70.6. The minimum atomic E-state index is -0.0586. The molecule has 8 N–H and O–H groups in total. The molecule has 7 aromatic heterocycles. The summed E-state index contributed by atoms with van der Waals surface area (Å²) in [4.78, 5) is 6.17. The van der Waals surface area contributed by atoms with Gasteiger partial charge in [-0.25, -0.2) is 0 Å². The van der Waals surface area contributed by atoms with E-state index in [0.717, 1.165) is 121 Å². The molecule has 7 heterocycles. The molecule has 0 fully saturated rings. The van der Waals surface area contributed by atoms with Crippen molar-refractivity contribution in [1.82, 2.24) is 35.8 Å². The SMILES string of the molecule is C=Cc1cccc2onc(NCC(C)(C)c3ccccc3)c12.CC(C)(CNc1noc2cccc(O)c12)c1ccccc1.COc1c(-c2cc[nH]c2)ccc2onc(NCC(C)(C)c3ccccc3)c12.COc1c(C)ccc2onc(NCC(C)(C)c3ccccc3)c12.COc1ccc(-c2cc[nH]c2)c2onc(NCC(C)(C)c3ccccc3)c12. The summed E-state index contributed by atoms with van der Waals surface area (Å²) >= 11 is 0. The molecule has 0 bridgehead atoms. The van der Waals surface area contributed by atoms with E-state index in [9.17, 15) is 5.11 Å². The first-order valence-electron chi connectivity index (χ1n) is 40.1. The molecule has 17 aromatic rings. The molecule has 0 aliphatic carbocycles. The third-order valence-electron chi connectivity index (χ3n) is 21.9. The van der Waals surface area contributed by atoms with Crippen LogP contribution in [0.4, 0.5) is 29.1 Å². The van der Waals surface area contributed by atoms with Crippen molar-refractivity contribution in [2.75, 3.05) is 80.6 Å². The van der Waals surface area contributed by atoms with E-state index in [1.807, 2.05) is 147 Å². The molecule has 17 rings (SSSR count). The molecule has 616 valence electrons. The van der Waals surface area contributed by atoms with Crippen LogP contribution in [0, 0.1) is 6.92 Å². The Labute approximate surface area is 699 Å². The molecule has 120 heavy (non-hydrogen) atoms. The largest absolute Gasteiger partial charge is 0.507 e. The van der Waals surface area contributed by atoms with Gasteiger partial charge in [0, 0.05) is 107 Å². The molecular weight excluding hydrogens is 1500 g/mol. The molecule has 21 heteroatoms. The minimum Gasteiger partial charge on any atom is -0.507 e. The van der Waals surface area contributed by atoms with Crippen molar-refractivity contribution in [3.05, 3.63) is 307 Å². The quantitative estimate of drug-likeness (QED) is 0.0250. The maximum Gasteiger partial charge on any atom is 0.181 e. The summed E-state index contributed by atoms with van der Waals surface area (Å²) in [5, 5.41) is 52.1. The Hall–Kier alpha value is -14.0. The van der Waals surface area contributed by atoms with Crippen molar-refractivity contribution in [2.45, 2.75) is 103 Å². The highest BCUT2D eigenvalue weighted by atomic mass is 16.5. The number of ether oxygens (including phenoxy) is 3. The second kappa shape index (κ2) is 37.1. The molecule has 0 unspecified atom stereocenters. The number of rotatable bonds is 26. The van der Waals surface area contributed by atoms with Gasteiger partial charge in [0.15, 0.2) is 57.0 Å². The zero-order valence-electron chi connectivity index (χ0n) is 70.6. The fourth-order valence-corrected chi connectivity index (χ4v) is 14.5. The second-order valence-corrected chi connectivity index (χ2v) is 32.8. The number of aromatic hydroxyl groups is 1. The summed E-state index contributed by atoms with van der Waals surface area (Å²) in [5.41, 5.74) is 15.8. The van der Waals surface area contributed by atoms with Crippen molar-refractivity contribution < 1.29 is 41.9 Å². The summed E-state index contributed by atoms with van der Waals surface area (Å²) in [6.07, 6.45) is 9.50. The van der Waals surface area contributed by atoms with E-state index in [4.69, 9.17) is 36.8 Å². The molecule has 0 aliphatic heterocycles. The molecule has 21 nitrogen and oxygen atoms in total. The van der Waals surface area contributed by atoms with E-state index in [1.165, 1.54) is 27.8 Å². The Kier molecular flexibility index (Phi) is 26.0. The monoisotopic (exact) mass is 1610 g/mol. The fraction of sp³-hybridized carbons (Fsp3) is 0.242. The van der Waals surface area contributed by atoms with E-state index in [1.54, 1.807) is 39.5 Å². The number of methoxy groups -OCH3 is 3. The molecule has 0 atom stereocenters. The highest BCUT2D eigenvalue weighted by molar-refractivity contribution is 6.03. The van der Waals surface area contributed by atoms with Crippen molar-refractivity contribution in [3.63, 3.8) is 0 Å². The van der Waals surface area contributed by atoms with Crippen LogP contribution in [0.2, 0.25) is 0 Å². The number of nitrogens with one attached hydrogen (secondary N) is 7. The average molecular weight is 1610 g/mol. The summed E-state index contributed by atoms with van der Waals surface area (Å²) < 4.78 is 44.1. The number of hydrogen-bond acceptors (Lipinski definition) is 19. The van der Waals surface area contributed by atoms with Gasteiger partial charge in [-0.05, 0) is 107 Å². The van der Waals surface area contributed by atoms with Gasteiger partial charge in [-0.15, -0.1) is 0 Å². The van der Waals surface area contributed by atoms with Gasteiger partial charge in [-0.1, -0.05) is 284 Å². The van der Waals surface area contributed by atoms with Crippen LogP contribution in [0.25, 0.3) is 83.2 Å². The fourth-order valence-electron chi connectivity index (χ4n) is 14.5. The molecule has 0 saturated carbocycles. The van der Waals surface area contributed by atoms with Crippen LogP contribution in [0.3, 0.4) is 0 Å². The Morgan fingerprint density at radius 2 is 0.692 bits per heavy atom. The number of aromatic nitrogens is 7. The molecule has 0 aliphatic rings. The first-order valence-corrected chi connectivity index (χ1v) is 40.1. The molecular formula is C99H106N12O9. The standard InChI is InChI=1S/2C22H23N3O2.C19H22N2O2.C19H20N2O.C17H18N2O2/c1-22(2,16-7-5-4-6-8-16)14-24-21-19-18(27-25-21)10-9-17(20(19)26-3)15-11-12-23-13-15;1-22(2,16-7-5-4-6-8-16)14-24-21-19-18(26-3)10-9-17(20(19)27-25-21)15-11-12-23-13-15;1-13-10-11-15-16(17(13)22-4)18(21-23-15)20-12-19(2,3)14-8-6-5-7-9-14;1-4-14-9-8-12-16-17(14)18(21-22-16)20-13-19(2,3)15-10-6-5-7-11-15;1-17(2,12-7-4-3-5-8-12)11-18-16-15-13(20)9-6-10-14(15)21-19-16/h2*4-13,23H,14H2,1-3H3,(H,24,25);5-11H,12H2,1-4H3,(H,20,21);4-12H,1,13H2,2-3H3,(H,20,21);3-10,20H,11H2,1-2H3,(H,18,19). The third kappa shape index (κ3) is 19.2. The Morgan fingerprint density at radius 1 is 0.350 bits per heavy atom. The Balaban J connectivity index is 0.000000130. The van der Waals surface area contributed by atoms with Gasteiger partial charge >= 0.3 is 0 Å². The minimum absolute atomic E-state index is 0.00431. The van der Waals surface area contributed by atoms with Gasteiger partial charge in [0.2, 0.25) is 0 Å². The smallest absolute Gasteiger partial charge is 0.181 e. The van der Waals surface area contributed by atoms with E-state index in [-0.39, 0.29) is 32.8 Å². The number of nitrogens with zero attached hydrogens (tertiary/aromatic N) is 5. The van der Waals surface area contributed by atoms with Gasteiger partial charge in [-0.3, -0.25) is 0 Å². The second-order valence-electron chi connectivity index (χ2n) is 32.8. The summed E-state index contributed by atoms with van der Waals surface area (Å²) in [7, 11) is 5.01. The van der Waals surface area contributed by atoms with E-state index in [0.29, 0.717) is 46.1 Å². The van der Waals surface area contributed by atoms with Crippen molar-refractivity contribution in [1.29, 1.82) is 0 Å². The van der Waals surface area contributed by atoms with Crippen LogP contribution in [0.5, 0.6) is 23.0 Å². The Morgan fingerprint density at radius 3 is 1.08 bits per heavy atom. The summed E-state index contributed by atoms with van der Waals surface area (Å²) in [5.74, 6) is 5.95. The average Bonchev–Trinajstić information content (AvgIpc) is 1.64. The highest BCUT2D eigenvalue weighted by Crippen LogP contribution is 2.44. The number of aryl methyl sites for hydroxylation is 1. The third-order valence-corrected chi connectivity index (χ3v) is 21.9. The van der Waals surface area contributed by atoms with Gasteiger partial charge in [0.1, 0.15) is 44.5 Å². The summed E-state index contributed by atoms with van der Waals surface area (Å²) in [6, 6.07) is 79.0. The van der Waals surface area contributed by atoms with Crippen LogP contribution in [0.15, 0.2) is 291 Å². The Bertz CT molecular complexity index is 6090. The number of fused-ring (bicyclic) bond motifs is 5. The van der Waals surface area contributed by atoms with Crippen LogP contribution in [-0.2, 0) is 27.1 Å². The number of anilines is 5. The maximum absolute atomic E-state index is 9.95. The van der Waals surface area contributed by atoms with E-state index in [2.05, 4.69) is 247 Å². The lowest BCUT2D eigenvalue weighted by molar-refractivity contribution is 0.416. The van der Waals surface area contributed by atoms with Crippen LogP contribution in [-0.4, -0.2) is 94.9 Å². The number of hydrogen-bond donors (Lipinski definition) is 8. The van der Waals surface area contributed by atoms with Gasteiger partial charge in [0.25, 0.3) is 0 Å². The number of phenolic OH excluding ortho intramolecular Hbond substituents is 1. The first kappa shape index (κ1) is 84.0. The molecule has 0 saturated heterocycles. The van der Waals surface area contributed by atoms with Gasteiger partial charge < -0.3 is 78.5 Å². The van der Waals surface area contributed by atoms with Crippen LogP contribution >= 0.6 is 0 Å². The van der Waals surface area contributed by atoms with Crippen LogP contribution in [0.1, 0.15) is 108 Å². The highest BCUT2D eigenvalue weighted by Gasteiger charge is 2.29. The topological polar surface area (TPSA) is 270 Å². The van der Waals surface area contributed by atoms with Gasteiger partial charge in [-0.2, -0.15) is 0 Å². The normalized spacial score (nSPS) is 11.7. The number of phenols is 1. The van der Waals surface area contributed by atoms with Crippen LogP contribution < -0.4 is 40.8 Å². The van der Waals surface area contributed by atoms with Crippen molar-refractivity contribution in [2.24, 2.45) is 0 Å². The lowest BCUT2D eigenvalue weighted by Crippen LogP contribution is -2.27. The molecule has 10 aromatic carbocycles. The predicted octanol–water partition coefficient (Wildman–Crippen LogP) is 23.8. The first-order chi connectivity index (χ1) is 57.9. The maximum atomic E-state index is 9.95. The van der Waals surface area contributed by atoms with Gasteiger partial charge in [0.05, 0.1) is 26.7 Å². The van der Waals surface area contributed by atoms with Crippen molar-refractivity contribution in [3.8, 4) is 45.3 Å². The lowest BCUT2D eigenvalue weighted by Gasteiger charge is -2.25. The summed E-state index contributed by atoms with van der Waals surface area (Å²) in [6.45, 7) is 31.5. The van der Waals surface area contributed by atoms with E-state index < -0.39 is 0 Å². The molecule has 0 amide bonds. The van der Waals surface area contributed by atoms with Crippen molar-refractivity contribution >= 4 is 90.0 Å². The lowest BCUT2D eigenvalue weighted by atomic mass is 9.84. The zero-order chi connectivity index (χ0) is 84.6. The number of aromatic amines is 2. The number of benzene rings is 10. The molecule has 0 radical (unpaired) electrons.